The molecule has 2 rings (SSSR count). The van der Waals surface area contributed by atoms with Crippen LogP contribution in [0.4, 0.5) is 0 Å². The highest BCUT2D eigenvalue weighted by Crippen LogP contribution is 2.43. The van der Waals surface area contributed by atoms with Crippen molar-refractivity contribution in [1.82, 2.24) is 4.90 Å². The van der Waals surface area contributed by atoms with Gasteiger partial charge in [0.1, 0.15) is 11.1 Å². The van der Waals surface area contributed by atoms with Crippen LogP contribution in [0.15, 0.2) is 23.3 Å². The molecule has 1 fully saturated rings. The Morgan fingerprint density at radius 1 is 1.75 bits per heavy atom. The van der Waals surface area contributed by atoms with Crippen LogP contribution in [0.3, 0.4) is 0 Å². The zero-order valence-corrected chi connectivity index (χ0v) is 6.80. The lowest BCUT2D eigenvalue weighted by atomic mass is 10.1. The van der Waals surface area contributed by atoms with Crippen molar-refractivity contribution >= 4 is 23.6 Å². The summed E-state index contributed by atoms with van der Waals surface area (Å²) in [7, 11) is 0. The minimum atomic E-state index is -1.06. The first-order valence-corrected chi connectivity index (χ1v) is 4.18. The van der Waals surface area contributed by atoms with Gasteiger partial charge in [-0.1, -0.05) is 6.58 Å². The number of amides is 1. The molecule has 0 aromatic carbocycles. The van der Waals surface area contributed by atoms with E-state index in [2.05, 4.69) is 6.58 Å². The number of rotatable bonds is 1. The third-order valence-electron chi connectivity index (χ3n) is 1.81. The molecular weight excluding hydrogens is 178 g/mol. The Balaban J connectivity index is 2.29. The van der Waals surface area contributed by atoms with Crippen LogP contribution in [0.5, 0.6) is 0 Å². The molecule has 2 aliphatic heterocycles. The maximum Gasteiger partial charge on any atom is 0.353 e. The Morgan fingerprint density at radius 3 is 3.00 bits per heavy atom. The average molecular weight is 183 g/mol. The molecule has 0 saturated carbocycles. The summed E-state index contributed by atoms with van der Waals surface area (Å²) in [6, 6.07) is 0. The monoisotopic (exact) mass is 183 g/mol. The molecule has 0 spiro atoms. The van der Waals surface area contributed by atoms with E-state index in [1.54, 1.807) is 0 Å². The van der Waals surface area contributed by atoms with Crippen LogP contribution in [0, 0.1) is 0 Å². The van der Waals surface area contributed by atoms with Crippen molar-refractivity contribution in [1.29, 1.82) is 0 Å². The van der Waals surface area contributed by atoms with Crippen molar-refractivity contribution in [3.8, 4) is 0 Å². The highest BCUT2D eigenvalue weighted by atomic mass is 32.2. The van der Waals surface area contributed by atoms with Crippen LogP contribution in [0.1, 0.15) is 0 Å². The Morgan fingerprint density at radius 2 is 2.42 bits per heavy atom. The first-order chi connectivity index (χ1) is 5.63. The van der Waals surface area contributed by atoms with Gasteiger partial charge in [0.15, 0.2) is 0 Å². The molecule has 12 heavy (non-hydrogen) atoms. The van der Waals surface area contributed by atoms with Gasteiger partial charge < -0.3 is 5.11 Å². The SMILES string of the molecule is C=C1C(=O)N2C(C(=O)O)=CS[C@H]12. The highest BCUT2D eigenvalue weighted by Gasteiger charge is 2.48. The van der Waals surface area contributed by atoms with E-state index in [-0.39, 0.29) is 17.0 Å². The molecule has 1 atom stereocenters. The fraction of sp³-hybridized carbons (Fsp3) is 0.143. The quantitative estimate of drug-likeness (QED) is 0.471. The summed E-state index contributed by atoms with van der Waals surface area (Å²) in [5, 5.41) is 9.95. The molecule has 0 unspecified atom stereocenters. The maximum absolute atomic E-state index is 11.1. The van der Waals surface area contributed by atoms with E-state index in [9.17, 15) is 9.59 Å². The lowest BCUT2D eigenvalue weighted by Crippen LogP contribution is -2.50. The summed E-state index contributed by atoms with van der Waals surface area (Å²) in [5.41, 5.74) is 0.537. The lowest BCUT2D eigenvalue weighted by Gasteiger charge is -2.36. The van der Waals surface area contributed by atoms with Gasteiger partial charge in [-0.25, -0.2) is 4.79 Å². The Bertz CT molecular complexity index is 334. The Labute approximate surface area is 72.5 Å². The van der Waals surface area contributed by atoms with Crippen molar-refractivity contribution in [2.24, 2.45) is 0 Å². The van der Waals surface area contributed by atoms with Crippen molar-refractivity contribution in [2.45, 2.75) is 5.37 Å². The summed E-state index contributed by atoms with van der Waals surface area (Å²) in [6.07, 6.45) is 0. The van der Waals surface area contributed by atoms with Gasteiger partial charge in [-0.3, -0.25) is 9.69 Å². The van der Waals surface area contributed by atoms with Crippen molar-refractivity contribution < 1.29 is 14.7 Å². The number of nitrogens with zero attached hydrogens (tertiary/aromatic N) is 1. The number of carbonyl (C=O) groups is 2. The molecule has 5 heteroatoms. The third kappa shape index (κ3) is 0.687. The molecule has 2 heterocycles. The summed E-state index contributed by atoms with van der Waals surface area (Å²) >= 11 is 1.30. The van der Waals surface area contributed by atoms with Crippen molar-refractivity contribution in [3.05, 3.63) is 23.3 Å². The molecule has 4 nitrogen and oxygen atoms in total. The smallest absolute Gasteiger partial charge is 0.353 e. The van der Waals surface area contributed by atoms with E-state index in [4.69, 9.17) is 5.11 Å². The first-order valence-electron chi connectivity index (χ1n) is 3.24. The average Bonchev–Trinajstić information content (AvgIpc) is 2.43. The van der Waals surface area contributed by atoms with Gasteiger partial charge in [0.05, 0.1) is 0 Å². The number of hydrogen-bond donors (Lipinski definition) is 1. The number of carboxylic acid groups (broad SMARTS) is 1. The van der Waals surface area contributed by atoms with E-state index in [1.807, 2.05) is 0 Å². The molecule has 0 aromatic heterocycles. The van der Waals surface area contributed by atoms with Crippen LogP contribution >= 0.6 is 11.8 Å². The molecule has 2 aliphatic rings. The molecule has 0 radical (unpaired) electrons. The molecule has 62 valence electrons. The summed E-state index contributed by atoms with van der Waals surface area (Å²) < 4.78 is 0. The lowest BCUT2D eigenvalue weighted by molar-refractivity contribution is -0.141. The van der Waals surface area contributed by atoms with Crippen LogP contribution in [0.2, 0.25) is 0 Å². The molecule has 0 aromatic rings. The minimum Gasteiger partial charge on any atom is -0.477 e. The van der Waals surface area contributed by atoms with Gasteiger partial charge >= 0.3 is 5.97 Å². The van der Waals surface area contributed by atoms with Crippen LogP contribution in [-0.2, 0) is 9.59 Å². The molecule has 0 aliphatic carbocycles. The predicted molar refractivity (Wildman–Crippen MR) is 43.1 cm³/mol. The Kier molecular flexibility index (Phi) is 1.32. The maximum atomic E-state index is 11.1. The number of carbonyl (C=O) groups excluding carboxylic acids is 1. The largest absolute Gasteiger partial charge is 0.477 e. The van der Waals surface area contributed by atoms with Crippen molar-refractivity contribution in [3.63, 3.8) is 0 Å². The zero-order chi connectivity index (χ0) is 8.88. The second kappa shape index (κ2) is 2.13. The number of thioether (sulfide) groups is 1. The topological polar surface area (TPSA) is 57.6 Å². The number of fused-ring (bicyclic) bond motifs is 1. The molecular formula is C7H5NO3S. The molecule has 1 saturated heterocycles. The standard InChI is InChI=1S/C7H5NO3S/c1-3-5(9)8-4(7(10)11)2-12-6(3)8/h2,6H,1H2,(H,10,11)/t6-/m1/s1. The van der Waals surface area contributed by atoms with E-state index >= 15 is 0 Å². The second-order valence-corrected chi connectivity index (χ2v) is 3.45. The summed E-state index contributed by atoms with van der Waals surface area (Å²) in [5.74, 6) is -1.34. The van der Waals surface area contributed by atoms with Crippen LogP contribution in [-0.4, -0.2) is 27.3 Å². The number of carboxylic acids is 1. The van der Waals surface area contributed by atoms with E-state index in [0.29, 0.717) is 5.57 Å². The summed E-state index contributed by atoms with van der Waals surface area (Å²) in [6.45, 7) is 3.54. The van der Waals surface area contributed by atoms with Crippen LogP contribution < -0.4 is 0 Å². The second-order valence-electron chi connectivity index (χ2n) is 2.50. The van der Waals surface area contributed by atoms with Gasteiger partial charge in [0.2, 0.25) is 0 Å². The van der Waals surface area contributed by atoms with E-state index in [0.717, 1.165) is 0 Å². The third-order valence-corrected chi connectivity index (χ3v) is 2.93. The van der Waals surface area contributed by atoms with Gasteiger partial charge in [0, 0.05) is 11.0 Å². The zero-order valence-electron chi connectivity index (χ0n) is 5.98. The van der Waals surface area contributed by atoms with Gasteiger partial charge in [0.25, 0.3) is 5.91 Å². The Hall–Kier alpha value is -1.23. The number of β-lactam (4-membered cyclic amide) rings is 1. The molecule has 0 bridgehead atoms. The van der Waals surface area contributed by atoms with E-state index < -0.39 is 5.97 Å². The van der Waals surface area contributed by atoms with E-state index in [1.165, 1.54) is 22.1 Å². The number of aliphatic carboxylic acids is 1. The van der Waals surface area contributed by atoms with Gasteiger partial charge in [-0.05, 0) is 0 Å². The minimum absolute atomic E-state index is 0.0578. The fourth-order valence-electron chi connectivity index (χ4n) is 1.17. The molecule has 1 amide bonds. The highest BCUT2D eigenvalue weighted by molar-refractivity contribution is 8.03. The normalized spacial score (nSPS) is 26.5. The van der Waals surface area contributed by atoms with Gasteiger partial charge in [-0.2, -0.15) is 0 Å². The molecule has 1 N–H and O–H groups in total. The predicted octanol–water partition coefficient (Wildman–Crippen LogP) is 0.384. The fourth-order valence-corrected chi connectivity index (χ4v) is 2.24. The number of hydrogen-bond acceptors (Lipinski definition) is 3. The van der Waals surface area contributed by atoms with Gasteiger partial charge in [-0.15, -0.1) is 11.8 Å². The first kappa shape index (κ1) is 7.42. The van der Waals surface area contributed by atoms with Crippen LogP contribution in [0.25, 0.3) is 0 Å². The summed E-state index contributed by atoms with van der Waals surface area (Å²) in [4.78, 5) is 22.9. The van der Waals surface area contributed by atoms with Crippen molar-refractivity contribution in [2.75, 3.05) is 0 Å².